The molecule has 2 aromatic rings. The van der Waals surface area contributed by atoms with Gasteiger partial charge in [-0.05, 0) is 49.2 Å². The quantitative estimate of drug-likeness (QED) is 0.894. The van der Waals surface area contributed by atoms with Gasteiger partial charge in [-0.1, -0.05) is 24.6 Å². The Bertz CT molecular complexity index is 599. The first-order valence-electron chi connectivity index (χ1n) is 6.70. The van der Waals surface area contributed by atoms with Gasteiger partial charge in [0.1, 0.15) is 5.75 Å². The molecule has 0 bridgehead atoms. The molecule has 0 amide bonds. The van der Waals surface area contributed by atoms with Gasteiger partial charge >= 0.3 is 0 Å². The third-order valence-electron chi connectivity index (χ3n) is 3.18. The lowest BCUT2D eigenvalue weighted by Gasteiger charge is -2.10. The number of nitrogens with zero attached hydrogens (tertiary/aromatic N) is 1. The van der Waals surface area contributed by atoms with Crippen LogP contribution in [0.3, 0.4) is 0 Å². The second-order valence-corrected chi connectivity index (χ2v) is 5.15. The average Bonchev–Trinajstić information content (AvgIpc) is 2.43. The highest BCUT2D eigenvalue weighted by Crippen LogP contribution is 2.25. The van der Waals surface area contributed by atoms with Crippen molar-refractivity contribution in [1.29, 1.82) is 0 Å². The highest BCUT2D eigenvalue weighted by Gasteiger charge is 2.06. The summed E-state index contributed by atoms with van der Waals surface area (Å²) in [5.74, 6) is 1.35. The fourth-order valence-electron chi connectivity index (χ4n) is 1.81. The van der Waals surface area contributed by atoms with Crippen molar-refractivity contribution in [2.75, 3.05) is 6.54 Å². The van der Waals surface area contributed by atoms with Crippen LogP contribution in [0.15, 0.2) is 30.5 Å². The molecule has 106 valence electrons. The standard InChI is InChI=1S/C16H19ClN2O/c1-4-18-9-13-8-16(19-10-15(13)17)20-14-6-5-11(2)12(3)7-14/h5-8,10,18H,4,9H2,1-3H3. The van der Waals surface area contributed by atoms with Gasteiger partial charge in [0, 0.05) is 18.8 Å². The number of aromatic nitrogens is 1. The first kappa shape index (κ1) is 14.8. The molecule has 20 heavy (non-hydrogen) atoms. The van der Waals surface area contributed by atoms with Gasteiger partial charge in [0.15, 0.2) is 0 Å². The van der Waals surface area contributed by atoms with Crippen LogP contribution in [0.4, 0.5) is 0 Å². The van der Waals surface area contributed by atoms with Crippen molar-refractivity contribution >= 4 is 11.6 Å². The lowest BCUT2D eigenvalue weighted by Crippen LogP contribution is -2.12. The maximum Gasteiger partial charge on any atom is 0.219 e. The Hall–Kier alpha value is -1.58. The molecule has 1 aromatic carbocycles. The highest BCUT2D eigenvalue weighted by atomic mass is 35.5. The highest BCUT2D eigenvalue weighted by molar-refractivity contribution is 6.31. The van der Waals surface area contributed by atoms with Gasteiger partial charge in [0.2, 0.25) is 5.88 Å². The molecule has 0 saturated carbocycles. The number of aryl methyl sites for hydroxylation is 2. The van der Waals surface area contributed by atoms with Crippen LogP contribution in [0.25, 0.3) is 0 Å². The maximum atomic E-state index is 6.12. The summed E-state index contributed by atoms with van der Waals surface area (Å²) in [6, 6.07) is 7.87. The van der Waals surface area contributed by atoms with Crippen LogP contribution >= 0.6 is 11.6 Å². The molecule has 0 spiro atoms. The third kappa shape index (κ3) is 3.71. The van der Waals surface area contributed by atoms with E-state index in [0.717, 1.165) is 17.9 Å². The van der Waals surface area contributed by atoms with Crippen LogP contribution in [-0.4, -0.2) is 11.5 Å². The number of benzene rings is 1. The Morgan fingerprint density at radius 1 is 1.20 bits per heavy atom. The Labute approximate surface area is 124 Å². The minimum atomic E-state index is 0.561. The van der Waals surface area contributed by atoms with Gasteiger partial charge in [-0.25, -0.2) is 4.98 Å². The van der Waals surface area contributed by atoms with Crippen molar-refractivity contribution in [3.8, 4) is 11.6 Å². The van der Waals surface area contributed by atoms with Gasteiger partial charge in [0.25, 0.3) is 0 Å². The molecule has 1 heterocycles. The Balaban J connectivity index is 2.18. The largest absolute Gasteiger partial charge is 0.439 e. The molecule has 0 aliphatic carbocycles. The van der Waals surface area contributed by atoms with Gasteiger partial charge < -0.3 is 10.1 Å². The van der Waals surface area contributed by atoms with Crippen molar-refractivity contribution in [2.24, 2.45) is 0 Å². The zero-order valence-corrected chi connectivity index (χ0v) is 12.8. The van der Waals surface area contributed by atoms with Gasteiger partial charge in [-0.2, -0.15) is 0 Å². The van der Waals surface area contributed by atoms with E-state index in [1.807, 2.05) is 24.3 Å². The van der Waals surface area contributed by atoms with Crippen LogP contribution in [0.5, 0.6) is 11.6 Å². The zero-order valence-electron chi connectivity index (χ0n) is 12.0. The van der Waals surface area contributed by atoms with E-state index in [4.69, 9.17) is 16.3 Å². The van der Waals surface area contributed by atoms with E-state index in [1.54, 1.807) is 6.20 Å². The predicted octanol–water partition coefficient (Wildman–Crippen LogP) is 4.25. The summed E-state index contributed by atoms with van der Waals surface area (Å²) in [5, 5.41) is 3.90. The SMILES string of the molecule is CCNCc1cc(Oc2ccc(C)c(C)c2)ncc1Cl. The maximum absolute atomic E-state index is 6.12. The van der Waals surface area contributed by atoms with Gasteiger partial charge in [-0.15, -0.1) is 0 Å². The van der Waals surface area contributed by atoms with Gasteiger partial charge in [-0.3, -0.25) is 0 Å². The van der Waals surface area contributed by atoms with Crippen molar-refractivity contribution in [2.45, 2.75) is 27.3 Å². The summed E-state index contributed by atoms with van der Waals surface area (Å²) in [5.41, 5.74) is 3.43. The summed E-state index contributed by atoms with van der Waals surface area (Å²) < 4.78 is 5.79. The number of halogens is 1. The topological polar surface area (TPSA) is 34.1 Å². The van der Waals surface area contributed by atoms with E-state index < -0.39 is 0 Å². The Morgan fingerprint density at radius 3 is 2.70 bits per heavy atom. The fourth-order valence-corrected chi connectivity index (χ4v) is 1.98. The lowest BCUT2D eigenvalue weighted by molar-refractivity contribution is 0.461. The van der Waals surface area contributed by atoms with Crippen LogP contribution in [0, 0.1) is 13.8 Å². The summed E-state index contributed by atoms with van der Waals surface area (Å²) in [7, 11) is 0. The minimum Gasteiger partial charge on any atom is -0.439 e. The molecule has 0 radical (unpaired) electrons. The van der Waals surface area contributed by atoms with E-state index >= 15 is 0 Å². The Morgan fingerprint density at radius 2 is 2.00 bits per heavy atom. The van der Waals surface area contributed by atoms with Crippen molar-refractivity contribution in [3.63, 3.8) is 0 Å². The molecule has 0 aliphatic rings. The Kier molecular flexibility index (Phi) is 4.99. The predicted molar refractivity (Wildman–Crippen MR) is 82.6 cm³/mol. The fraction of sp³-hybridized carbons (Fsp3) is 0.312. The number of nitrogens with one attached hydrogen (secondary N) is 1. The van der Waals surface area contributed by atoms with E-state index in [0.29, 0.717) is 17.4 Å². The van der Waals surface area contributed by atoms with Crippen LogP contribution < -0.4 is 10.1 Å². The normalized spacial score (nSPS) is 10.6. The number of hydrogen-bond acceptors (Lipinski definition) is 3. The van der Waals surface area contributed by atoms with Crippen LogP contribution in [0.2, 0.25) is 5.02 Å². The van der Waals surface area contributed by atoms with E-state index in [2.05, 4.69) is 31.1 Å². The third-order valence-corrected chi connectivity index (χ3v) is 3.52. The second-order valence-electron chi connectivity index (χ2n) is 4.74. The van der Waals surface area contributed by atoms with E-state index in [9.17, 15) is 0 Å². The zero-order chi connectivity index (χ0) is 14.5. The molecule has 0 saturated heterocycles. The van der Waals surface area contributed by atoms with Crippen molar-refractivity contribution < 1.29 is 4.74 Å². The number of pyridine rings is 1. The van der Waals surface area contributed by atoms with E-state index in [1.165, 1.54) is 11.1 Å². The summed E-state index contributed by atoms with van der Waals surface area (Å²) in [6.07, 6.45) is 1.63. The summed E-state index contributed by atoms with van der Waals surface area (Å²) in [4.78, 5) is 4.21. The first-order chi connectivity index (χ1) is 9.60. The average molecular weight is 291 g/mol. The van der Waals surface area contributed by atoms with E-state index in [-0.39, 0.29) is 0 Å². The van der Waals surface area contributed by atoms with Crippen molar-refractivity contribution in [3.05, 3.63) is 52.2 Å². The number of ether oxygens (including phenoxy) is 1. The summed E-state index contributed by atoms with van der Waals surface area (Å²) >= 11 is 6.12. The molecular weight excluding hydrogens is 272 g/mol. The first-order valence-corrected chi connectivity index (χ1v) is 7.08. The molecule has 0 fully saturated rings. The molecule has 0 unspecified atom stereocenters. The van der Waals surface area contributed by atoms with Gasteiger partial charge in [0.05, 0.1) is 5.02 Å². The molecule has 4 heteroatoms. The molecule has 0 atom stereocenters. The summed E-state index contributed by atoms with van der Waals surface area (Å²) in [6.45, 7) is 7.80. The molecule has 3 nitrogen and oxygen atoms in total. The molecule has 0 aliphatic heterocycles. The van der Waals surface area contributed by atoms with Crippen molar-refractivity contribution in [1.82, 2.24) is 10.3 Å². The van der Waals surface area contributed by atoms with Crippen LogP contribution in [-0.2, 0) is 6.54 Å². The smallest absolute Gasteiger partial charge is 0.219 e. The molecular formula is C16H19ClN2O. The molecule has 1 aromatic heterocycles. The monoisotopic (exact) mass is 290 g/mol. The minimum absolute atomic E-state index is 0.561. The number of hydrogen-bond donors (Lipinski definition) is 1. The second kappa shape index (κ2) is 6.73. The number of rotatable bonds is 5. The lowest BCUT2D eigenvalue weighted by atomic mass is 10.1. The van der Waals surface area contributed by atoms with Crippen LogP contribution in [0.1, 0.15) is 23.6 Å². The molecule has 2 rings (SSSR count). The molecule has 1 N–H and O–H groups in total.